The Morgan fingerprint density at radius 2 is 2.00 bits per heavy atom. The summed E-state index contributed by atoms with van der Waals surface area (Å²) in [6.45, 7) is 5.39. The summed E-state index contributed by atoms with van der Waals surface area (Å²) in [5.74, 6) is -0.0233. The van der Waals surface area contributed by atoms with Crippen LogP contribution in [0.5, 0.6) is 0 Å². The van der Waals surface area contributed by atoms with Gasteiger partial charge in [0.05, 0.1) is 5.69 Å². The average molecular weight is 489 g/mol. The van der Waals surface area contributed by atoms with Crippen LogP contribution in [0.2, 0.25) is 0 Å². The standard InChI is InChI=1S/C25H36N4O6/c1-15(2)11-21(31)34-22-18(13-33-20(30)12-16-7-5-4-6-8-16)35-25(3,23(22)32)19-10-9-17-24(26)27-14-28-29(17)19/h9-10,14-16,18,22-23,32H,4-8,11-13H2,1-3H3,(H2,26,27,28)/t18-,22-,23-,25+/m1/s1. The molecule has 2 aromatic heterocycles. The van der Waals surface area contributed by atoms with Gasteiger partial charge in [-0.25, -0.2) is 9.50 Å². The van der Waals surface area contributed by atoms with Crippen LogP contribution in [0.3, 0.4) is 0 Å². The average Bonchev–Trinajstić information content (AvgIpc) is 3.35. The Morgan fingerprint density at radius 1 is 1.26 bits per heavy atom. The van der Waals surface area contributed by atoms with Crippen molar-refractivity contribution in [1.82, 2.24) is 14.6 Å². The summed E-state index contributed by atoms with van der Waals surface area (Å²) in [7, 11) is 0. The van der Waals surface area contributed by atoms with Crippen LogP contribution >= 0.6 is 0 Å². The number of carbonyl (C=O) groups is 2. The van der Waals surface area contributed by atoms with Crippen LogP contribution in [0.15, 0.2) is 18.5 Å². The molecule has 1 saturated heterocycles. The maximum Gasteiger partial charge on any atom is 0.306 e. The molecule has 0 unspecified atom stereocenters. The fraction of sp³-hybridized carbons (Fsp3) is 0.680. The number of nitrogens with zero attached hydrogens (tertiary/aromatic N) is 3. The van der Waals surface area contributed by atoms with Crippen LogP contribution in [0.25, 0.3) is 5.52 Å². The predicted molar refractivity (Wildman–Crippen MR) is 127 cm³/mol. The number of hydrogen-bond donors (Lipinski definition) is 2. The van der Waals surface area contributed by atoms with E-state index in [0.717, 1.165) is 25.7 Å². The summed E-state index contributed by atoms with van der Waals surface area (Å²) in [5, 5.41) is 15.6. The number of esters is 2. The molecule has 0 spiro atoms. The van der Waals surface area contributed by atoms with Crippen molar-refractivity contribution in [2.75, 3.05) is 12.3 Å². The van der Waals surface area contributed by atoms with Crippen molar-refractivity contribution < 1.29 is 28.9 Å². The van der Waals surface area contributed by atoms with Crippen molar-refractivity contribution in [2.24, 2.45) is 11.8 Å². The van der Waals surface area contributed by atoms with E-state index < -0.39 is 29.9 Å². The van der Waals surface area contributed by atoms with Crippen LogP contribution in [0, 0.1) is 11.8 Å². The van der Waals surface area contributed by atoms with Gasteiger partial charge in [0.1, 0.15) is 36.3 Å². The van der Waals surface area contributed by atoms with Crippen molar-refractivity contribution in [3.05, 3.63) is 24.2 Å². The summed E-state index contributed by atoms with van der Waals surface area (Å²) < 4.78 is 19.1. The Balaban J connectivity index is 1.53. The largest absolute Gasteiger partial charge is 0.463 e. The third-order valence-corrected chi connectivity index (χ3v) is 7.06. The zero-order valence-electron chi connectivity index (χ0n) is 20.7. The van der Waals surface area contributed by atoms with Crippen LogP contribution < -0.4 is 5.73 Å². The molecule has 0 bridgehead atoms. The van der Waals surface area contributed by atoms with Gasteiger partial charge in [0.25, 0.3) is 0 Å². The Kier molecular flexibility index (Phi) is 7.61. The molecule has 0 amide bonds. The van der Waals surface area contributed by atoms with Crippen molar-refractivity contribution in [1.29, 1.82) is 0 Å². The van der Waals surface area contributed by atoms with E-state index >= 15 is 0 Å². The predicted octanol–water partition coefficient (Wildman–Crippen LogP) is 2.76. The lowest BCUT2D eigenvalue weighted by molar-refractivity contribution is -0.161. The van der Waals surface area contributed by atoms with E-state index in [2.05, 4.69) is 10.1 Å². The number of carbonyl (C=O) groups excluding carboxylic acids is 2. The molecule has 3 N–H and O–H groups in total. The highest BCUT2D eigenvalue weighted by molar-refractivity contribution is 5.70. The van der Waals surface area contributed by atoms with Gasteiger partial charge in [-0.15, -0.1) is 0 Å². The van der Waals surface area contributed by atoms with E-state index in [1.807, 2.05) is 13.8 Å². The van der Waals surface area contributed by atoms with Crippen molar-refractivity contribution >= 4 is 23.3 Å². The highest BCUT2D eigenvalue weighted by Gasteiger charge is 2.56. The minimum atomic E-state index is -1.30. The van der Waals surface area contributed by atoms with E-state index in [1.54, 1.807) is 23.6 Å². The number of aromatic nitrogens is 3. The first-order valence-corrected chi connectivity index (χ1v) is 12.5. The molecule has 10 heteroatoms. The molecular weight excluding hydrogens is 452 g/mol. The summed E-state index contributed by atoms with van der Waals surface area (Å²) >= 11 is 0. The van der Waals surface area contributed by atoms with E-state index in [9.17, 15) is 14.7 Å². The monoisotopic (exact) mass is 488 g/mol. The smallest absolute Gasteiger partial charge is 0.306 e. The van der Waals surface area contributed by atoms with Crippen molar-refractivity contribution in [3.63, 3.8) is 0 Å². The molecule has 2 fully saturated rings. The number of aliphatic hydroxyl groups excluding tert-OH is 1. The van der Waals surface area contributed by atoms with Gasteiger partial charge in [0, 0.05) is 12.8 Å². The van der Waals surface area contributed by atoms with Gasteiger partial charge in [-0.2, -0.15) is 5.10 Å². The highest BCUT2D eigenvalue weighted by Crippen LogP contribution is 2.42. The van der Waals surface area contributed by atoms with Gasteiger partial charge in [-0.3, -0.25) is 9.59 Å². The number of rotatable bonds is 8. The Morgan fingerprint density at radius 3 is 2.71 bits per heavy atom. The summed E-state index contributed by atoms with van der Waals surface area (Å²) in [6.07, 6.45) is 4.37. The van der Waals surface area contributed by atoms with Crippen LogP contribution in [-0.4, -0.2) is 56.6 Å². The second-order valence-corrected chi connectivity index (χ2v) is 10.3. The number of fused-ring (bicyclic) bond motifs is 1. The first-order valence-electron chi connectivity index (χ1n) is 12.5. The molecule has 4 rings (SSSR count). The maximum atomic E-state index is 12.5. The van der Waals surface area contributed by atoms with Gasteiger partial charge in [-0.05, 0) is 43.7 Å². The number of aliphatic hydroxyl groups is 1. The quantitative estimate of drug-likeness (QED) is 0.537. The zero-order valence-corrected chi connectivity index (χ0v) is 20.7. The number of nitrogens with two attached hydrogens (primary N) is 1. The number of ether oxygens (including phenoxy) is 3. The van der Waals surface area contributed by atoms with Gasteiger partial charge in [0.15, 0.2) is 11.9 Å². The fourth-order valence-electron chi connectivity index (χ4n) is 5.17. The first-order chi connectivity index (χ1) is 16.7. The molecular formula is C25H36N4O6. The van der Waals surface area contributed by atoms with Crippen LogP contribution in [0.1, 0.15) is 71.4 Å². The topological polar surface area (TPSA) is 138 Å². The van der Waals surface area contributed by atoms with Crippen molar-refractivity contribution in [3.8, 4) is 0 Å². The molecule has 3 heterocycles. The number of nitrogen functional groups attached to an aromatic ring is 1. The lowest BCUT2D eigenvalue weighted by Gasteiger charge is -2.27. The molecule has 1 saturated carbocycles. The van der Waals surface area contributed by atoms with Crippen molar-refractivity contribution in [2.45, 2.75) is 89.6 Å². The third-order valence-electron chi connectivity index (χ3n) is 7.06. The maximum absolute atomic E-state index is 12.5. The second kappa shape index (κ2) is 10.5. The molecule has 4 atom stereocenters. The van der Waals surface area contributed by atoms with Gasteiger partial charge >= 0.3 is 11.9 Å². The van der Waals surface area contributed by atoms with E-state index in [-0.39, 0.29) is 30.7 Å². The Hall–Kier alpha value is -2.72. The highest BCUT2D eigenvalue weighted by atomic mass is 16.6. The molecule has 0 aromatic carbocycles. The van der Waals surface area contributed by atoms with Crippen LogP contribution in [-0.2, 0) is 29.4 Å². The van der Waals surface area contributed by atoms with Gasteiger partial charge < -0.3 is 25.1 Å². The second-order valence-electron chi connectivity index (χ2n) is 10.3. The molecule has 1 aliphatic heterocycles. The van der Waals surface area contributed by atoms with E-state index in [0.29, 0.717) is 23.5 Å². The third kappa shape index (κ3) is 5.43. The summed E-state index contributed by atoms with van der Waals surface area (Å²) in [6, 6.07) is 3.48. The molecule has 2 aliphatic rings. The molecule has 192 valence electrons. The zero-order chi connectivity index (χ0) is 25.2. The first kappa shape index (κ1) is 25.4. The van der Waals surface area contributed by atoms with Crippen LogP contribution in [0.4, 0.5) is 5.82 Å². The van der Waals surface area contributed by atoms with Gasteiger partial charge in [-0.1, -0.05) is 33.1 Å². The molecule has 35 heavy (non-hydrogen) atoms. The molecule has 2 aromatic rings. The number of hydrogen-bond acceptors (Lipinski definition) is 9. The van der Waals surface area contributed by atoms with Gasteiger partial charge in [0.2, 0.25) is 0 Å². The number of anilines is 1. The minimum Gasteiger partial charge on any atom is -0.463 e. The summed E-state index contributed by atoms with van der Waals surface area (Å²) in [5.41, 5.74) is 5.76. The minimum absolute atomic E-state index is 0.0920. The lowest BCUT2D eigenvalue weighted by atomic mass is 9.87. The lowest BCUT2D eigenvalue weighted by Crippen LogP contribution is -2.42. The molecule has 10 nitrogen and oxygen atoms in total. The van der Waals surface area contributed by atoms with E-state index in [4.69, 9.17) is 19.9 Å². The molecule has 1 aliphatic carbocycles. The normalized spacial score (nSPS) is 27.4. The Bertz CT molecular complexity index is 1050. The SMILES string of the molecule is CC(C)CC(=O)O[C@H]1[C@@H](O)[C@](C)(c2ccc3c(N)ncnn23)O[C@@H]1COC(=O)CC1CCCCC1. The summed E-state index contributed by atoms with van der Waals surface area (Å²) in [4.78, 5) is 29.1. The van der Waals surface area contributed by atoms with E-state index in [1.165, 1.54) is 12.7 Å². The molecule has 0 radical (unpaired) electrons. The fourth-order valence-corrected chi connectivity index (χ4v) is 5.17. The Labute approximate surface area is 205 Å².